The van der Waals surface area contributed by atoms with Gasteiger partial charge in [-0.15, -0.1) is 0 Å². The maximum Gasteiger partial charge on any atom is 0.328 e. The number of hydrogen-bond donors (Lipinski definition) is 3. The number of nitrogens with one attached hydrogen (secondary N) is 3. The Bertz CT molecular complexity index is 1310. The zero-order chi connectivity index (χ0) is 21.4. The highest BCUT2D eigenvalue weighted by molar-refractivity contribution is 6.33. The van der Waals surface area contributed by atoms with E-state index in [1.165, 1.54) is 18.3 Å². The maximum atomic E-state index is 12.7. The molecule has 3 aromatic rings. The molecule has 11 heteroatoms. The van der Waals surface area contributed by atoms with Crippen molar-refractivity contribution in [2.45, 2.75) is 25.9 Å². The predicted molar refractivity (Wildman–Crippen MR) is 112 cm³/mol. The lowest BCUT2D eigenvalue weighted by molar-refractivity contribution is 0.0940. The number of aromatic amines is 2. The van der Waals surface area contributed by atoms with Gasteiger partial charge in [0.25, 0.3) is 17.0 Å². The van der Waals surface area contributed by atoms with Crippen LogP contribution in [0.1, 0.15) is 23.7 Å². The number of nitrogens with zero attached hydrogens (tertiary/aromatic N) is 3. The van der Waals surface area contributed by atoms with Gasteiger partial charge in [0.1, 0.15) is 5.02 Å². The third-order valence-corrected chi connectivity index (χ3v) is 5.57. The Morgan fingerprint density at radius 3 is 2.90 bits per heavy atom. The second-order valence-corrected chi connectivity index (χ2v) is 7.42. The van der Waals surface area contributed by atoms with Crippen LogP contribution in [0.3, 0.4) is 0 Å². The summed E-state index contributed by atoms with van der Waals surface area (Å²) in [5.74, 6) is -0.320. The smallest absolute Gasteiger partial charge is 0.328 e. The summed E-state index contributed by atoms with van der Waals surface area (Å²) in [4.78, 5) is 53.3. The van der Waals surface area contributed by atoms with Gasteiger partial charge in [0.15, 0.2) is 0 Å². The molecular weight excluding hydrogens is 412 g/mol. The highest BCUT2D eigenvalue weighted by Gasteiger charge is 2.26. The first-order valence-electron chi connectivity index (χ1n) is 9.45. The van der Waals surface area contributed by atoms with E-state index in [9.17, 15) is 19.2 Å². The lowest BCUT2D eigenvalue weighted by Crippen LogP contribution is -2.37. The number of anilines is 1. The molecule has 1 unspecified atom stereocenters. The molecule has 10 nitrogen and oxygen atoms in total. The van der Waals surface area contributed by atoms with E-state index in [1.54, 1.807) is 13.0 Å². The van der Waals surface area contributed by atoms with Crippen LogP contribution in [-0.4, -0.2) is 44.8 Å². The number of halogens is 1. The monoisotopic (exact) mass is 430 g/mol. The number of benzene rings is 1. The Labute approximate surface area is 174 Å². The van der Waals surface area contributed by atoms with Crippen molar-refractivity contribution in [2.75, 3.05) is 18.0 Å². The molecule has 0 aliphatic carbocycles. The van der Waals surface area contributed by atoms with Crippen LogP contribution in [0.5, 0.6) is 0 Å². The van der Waals surface area contributed by atoms with E-state index in [4.69, 9.17) is 11.6 Å². The van der Waals surface area contributed by atoms with Gasteiger partial charge < -0.3 is 15.2 Å². The zero-order valence-corrected chi connectivity index (χ0v) is 16.8. The topological polar surface area (TPSA) is 133 Å². The molecule has 1 saturated heterocycles. The summed E-state index contributed by atoms with van der Waals surface area (Å²) in [5.41, 5.74) is -0.195. The van der Waals surface area contributed by atoms with Gasteiger partial charge in [-0.3, -0.25) is 19.0 Å². The molecule has 1 fully saturated rings. The van der Waals surface area contributed by atoms with E-state index < -0.39 is 16.8 Å². The van der Waals surface area contributed by atoms with Gasteiger partial charge in [0.2, 0.25) is 0 Å². The predicted octanol–water partition coefficient (Wildman–Crippen LogP) is 0.455. The molecule has 1 amide bonds. The van der Waals surface area contributed by atoms with Crippen molar-refractivity contribution in [3.8, 4) is 0 Å². The number of H-pyrrole nitrogens is 2. The summed E-state index contributed by atoms with van der Waals surface area (Å²) in [6, 6.07) is 4.44. The fourth-order valence-corrected chi connectivity index (χ4v) is 3.85. The van der Waals surface area contributed by atoms with Gasteiger partial charge in [-0.1, -0.05) is 11.6 Å². The van der Waals surface area contributed by atoms with Crippen LogP contribution in [0.2, 0.25) is 5.02 Å². The van der Waals surface area contributed by atoms with Crippen molar-refractivity contribution in [1.29, 1.82) is 0 Å². The molecule has 1 aliphatic rings. The normalized spacial score (nSPS) is 16.2. The average molecular weight is 431 g/mol. The van der Waals surface area contributed by atoms with Crippen molar-refractivity contribution in [1.82, 2.24) is 25.1 Å². The number of rotatable bonds is 4. The van der Waals surface area contributed by atoms with Gasteiger partial charge in [-0.25, -0.2) is 9.89 Å². The molecular formula is C19H19ClN6O4. The van der Waals surface area contributed by atoms with Crippen molar-refractivity contribution in [3.05, 3.63) is 66.2 Å². The van der Waals surface area contributed by atoms with E-state index in [-0.39, 0.29) is 23.5 Å². The van der Waals surface area contributed by atoms with Crippen molar-refractivity contribution < 1.29 is 4.79 Å². The van der Waals surface area contributed by atoms with Crippen LogP contribution in [0.25, 0.3) is 10.9 Å². The fourth-order valence-electron chi connectivity index (χ4n) is 3.64. The molecule has 1 aromatic carbocycles. The molecule has 30 heavy (non-hydrogen) atoms. The summed E-state index contributed by atoms with van der Waals surface area (Å²) in [6.45, 7) is 3.06. The van der Waals surface area contributed by atoms with E-state index >= 15 is 0 Å². The molecule has 0 radical (unpaired) electrons. The van der Waals surface area contributed by atoms with Crippen LogP contribution < -0.4 is 27.0 Å². The lowest BCUT2D eigenvalue weighted by Gasteiger charge is -2.19. The SMILES string of the molecule is CCn1c(=O)[nH]c2cc(C(=O)NC3CCN(c4cn[nH]c(=O)c4Cl)C3)ccc2c1=O. The molecule has 0 bridgehead atoms. The van der Waals surface area contributed by atoms with Crippen molar-refractivity contribution in [2.24, 2.45) is 0 Å². The summed E-state index contributed by atoms with van der Waals surface area (Å²) < 4.78 is 1.10. The minimum atomic E-state index is -0.512. The molecule has 156 valence electrons. The summed E-state index contributed by atoms with van der Waals surface area (Å²) in [5, 5.41) is 9.39. The highest BCUT2D eigenvalue weighted by Crippen LogP contribution is 2.24. The molecule has 0 spiro atoms. The highest BCUT2D eigenvalue weighted by atomic mass is 35.5. The zero-order valence-electron chi connectivity index (χ0n) is 16.1. The number of fused-ring (bicyclic) bond motifs is 1. The first-order chi connectivity index (χ1) is 14.4. The standard InChI is InChI=1S/C19H19ClN6O4/c1-2-26-18(29)12-4-3-10(7-13(12)23-19(26)30)16(27)22-11-5-6-25(9-11)14-8-21-24-17(28)15(14)20/h3-4,7-8,11H,2,5-6,9H2,1H3,(H,22,27)(H,23,30)(H,24,28). The Balaban J connectivity index is 1.52. The van der Waals surface area contributed by atoms with Crippen LogP contribution in [0.15, 0.2) is 38.8 Å². The van der Waals surface area contributed by atoms with Gasteiger partial charge in [-0.05, 0) is 31.5 Å². The minimum absolute atomic E-state index is 0.0631. The number of hydrogen-bond acceptors (Lipinski definition) is 6. The molecule has 2 aromatic heterocycles. The molecule has 3 N–H and O–H groups in total. The summed E-state index contributed by atoms with van der Waals surface area (Å²) >= 11 is 6.06. The Morgan fingerprint density at radius 1 is 1.33 bits per heavy atom. The molecule has 3 heterocycles. The van der Waals surface area contributed by atoms with Crippen LogP contribution in [0, 0.1) is 0 Å². The van der Waals surface area contributed by atoms with E-state index in [0.717, 1.165) is 4.57 Å². The van der Waals surface area contributed by atoms with Crippen LogP contribution >= 0.6 is 11.6 Å². The number of carbonyl (C=O) groups is 1. The maximum absolute atomic E-state index is 12.7. The van der Waals surface area contributed by atoms with Crippen molar-refractivity contribution >= 4 is 34.1 Å². The summed E-state index contributed by atoms with van der Waals surface area (Å²) in [6.07, 6.45) is 2.15. The number of amides is 1. The first kappa shape index (κ1) is 19.9. The van der Waals surface area contributed by atoms with Crippen LogP contribution in [0.4, 0.5) is 5.69 Å². The Hall–Kier alpha value is -3.40. The van der Waals surface area contributed by atoms with Gasteiger partial charge in [-0.2, -0.15) is 5.10 Å². The third-order valence-electron chi connectivity index (χ3n) is 5.20. The lowest BCUT2D eigenvalue weighted by atomic mass is 10.1. The quantitative estimate of drug-likeness (QED) is 0.550. The fraction of sp³-hybridized carbons (Fsp3) is 0.316. The first-order valence-corrected chi connectivity index (χ1v) is 9.82. The van der Waals surface area contributed by atoms with Gasteiger partial charge in [0, 0.05) is 31.2 Å². The van der Waals surface area contributed by atoms with Gasteiger partial charge in [0.05, 0.1) is 22.8 Å². The van der Waals surface area contributed by atoms with Crippen LogP contribution in [-0.2, 0) is 6.54 Å². The molecule has 0 saturated carbocycles. The Kier molecular flexibility index (Phi) is 5.17. The largest absolute Gasteiger partial charge is 0.367 e. The summed E-state index contributed by atoms with van der Waals surface area (Å²) in [7, 11) is 0. The minimum Gasteiger partial charge on any atom is -0.367 e. The molecule has 1 aliphatic heterocycles. The van der Waals surface area contributed by atoms with Gasteiger partial charge >= 0.3 is 5.69 Å². The second-order valence-electron chi connectivity index (χ2n) is 7.04. The number of carbonyl (C=O) groups excluding carboxylic acids is 1. The second kappa shape index (κ2) is 7.79. The molecule has 4 rings (SSSR count). The van der Waals surface area contributed by atoms with E-state index in [2.05, 4.69) is 20.5 Å². The third kappa shape index (κ3) is 3.50. The van der Waals surface area contributed by atoms with E-state index in [0.29, 0.717) is 41.7 Å². The average Bonchev–Trinajstić information content (AvgIpc) is 3.18. The molecule has 1 atom stereocenters. The Morgan fingerprint density at radius 2 is 2.13 bits per heavy atom. The van der Waals surface area contributed by atoms with E-state index in [1.807, 2.05) is 4.90 Å². The number of aromatic nitrogens is 4. The van der Waals surface area contributed by atoms with Crippen molar-refractivity contribution in [3.63, 3.8) is 0 Å².